The van der Waals surface area contributed by atoms with Crippen molar-refractivity contribution in [3.8, 4) is 5.75 Å². The zero-order valence-electron chi connectivity index (χ0n) is 16.2. The van der Waals surface area contributed by atoms with Gasteiger partial charge in [-0.05, 0) is 62.2 Å². The van der Waals surface area contributed by atoms with E-state index in [2.05, 4.69) is 21.2 Å². The minimum Gasteiger partial charge on any atom is -0.497 e. The van der Waals surface area contributed by atoms with Crippen LogP contribution >= 0.6 is 15.9 Å². The number of halogens is 1. The molecule has 29 heavy (non-hydrogen) atoms. The molecule has 2 aromatic carbocycles. The molecule has 1 aromatic heterocycles. The summed E-state index contributed by atoms with van der Waals surface area (Å²) in [6.45, 7) is 2.40. The Hall–Kier alpha value is -2.80. The van der Waals surface area contributed by atoms with E-state index < -0.39 is 6.04 Å². The predicted molar refractivity (Wildman–Crippen MR) is 114 cm³/mol. The van der Waals surface area contributed by atoms with Gasteiger partial charge in [-0.3, -0.25) is 9.59 Å². The van der Waals surface area contributed by atoms with Crippen LogP contribution < -0.4 is 10.1 Å². The van der Waals surface area contributed by atoms with E-state index in [1.54, 1.807) is 36.3 Å². The molecule has 0 spiro atoms. The number of likely N-dealkylation sites (tertiary alicyclic amines) is 1. The number of hydrogen-bond acceptors (Lipinski definition) is 4. The molecule has 1 atom stereocenters. The lowest BCUT2D eigenvalue weighted by molar-refractivity contribution is -0.119. The molecule has 4 rings (SSSR count). The molecule has 2 amide bonds. The molecule has 0 aliphatic carbocycles. The SMILES string of the molecule is COc1ccc(NC(=O)C2CCCN2C(=O)c2oc3ccc(Br)cc3c2C)cc1. The Labute approximate surface area is 176 Å². The summed E-state index contributed by atoms with van der Waals surface area (Å²) >= 11 is 3.45. The fourth-order valence-electron chi connectivity index (χ4n) is 3.71. The Morgan fingerprint density at radius 2 is 1.97 bits per heavy atom. The van der Waals surface area contributed by atoms with Gasteiger partial charge >= 0.3 is 0 Å². The highest BCUT2D eigenvalue weighted by molar-refractivity contribution is 9.10. The summed E-state index contributed by atoms with van der Waals surface area (Å²) in [4.78, 5) is 27.7. The van der Waals surface area contributed by atoms with Crippen molar-refractivity contribution >= 4 is 44.4 Å². The number of ether oxygens (including phenoxy) is 1. The molecule has 2 heterocycles. The third kappa shape index (κ3) is 3.74. The Bertz CT molecular complexity index is 1070. The van der Waals surface area contributed by atoms with E-state index in [0.717, 1.165) is 21.8 Å². The van der Waals surface area contributed by atoms with Gasteiger partial charge in [-0.1, -0.05) is 15.9 Å². The van der Waals surface area contributed by atoms with Crippen molar-refractivity contribution in [2.45, 2.75) is 25.8 Å². The van der Waals surface area contributed by atoms with Gasteiger partial charge in [0.1, 0.15) is 17.4 Å². The van der Waals surface area contributed by atoms with Crippen LogP contribution in [0.4, 0.5) is 5.69 Å². The molecule has 1 aliphatic rings. The first-order chi connectivity index (χ1) is 14.0. The fraction of sp³-hybridized carbons (Fsp3) is 0.273. The lowest BCUT2D eigenvalue weighted by atomic mass is 10.1. The van der Waals surface area contributed by atoms with Crippen LogP contribution in [0, 0.1) is 6.92 Å². The Kier molecular flexibility index (Phi) is 5.32. The summed E-state index contributed by atoms with van der Waals surface area (Å²) in [5.74, 6) is 0.564. The van der Waals surface area contributed by atoms with Crippen molar-refractivity contribution in [1.82, 2.24) is 4.90 Å². The first-order valence-corrected chi connectivity index (χ1v) is 10.2. The quantitative estimate of drug-likeness (QED) is 0.614. The van der Waals surface area contributed by atoms with Crippen LogP contribution in [-0.4, -0.2) is 36.4 Å². The molecule has 150 valence electrons. The summed E-state index contributed by atoms with van der Waals surface area (Å²) in [5.41, 5.74) is 2.11. The Balaban J connectivity index is 1.55. The van der Waals surface area contributed by atoms with Crippen LogP contribution in [0.3, 0.4) is 0 Å². The van der Waals surface area contributed by atoms with Gasteiger partial charge < -0.3 is 19.4 Å². The van der Waals surface area contributed by atoms with Crippen molar-refractivity contribution in [3.05, 3.63) is 58.3 Å². The van der Waals surface area contributed by atoms with Gasteiger partial charge in [-0.2, -0.15) is 0 Å². The van der Waals surface area contributed by atoms with Gasteiger partial charge in [-0.25, -0.2) is 0 Å². The topological polar surface area (TPSA) is 71.8 Å². The largest absolute Gasteiger partial charge is 0.497 e. The van der Waals surface area contributed by atoms with E-state index in [4.69, 9.17) is 9.15 Å². The van der Waals surface area contributed by atoms with Gasteiger partial charge in [0.05, 0.1) is 7.11 Å². The minimum atomic E-state index is -0.524. The van der Waals surface area contributed by atoms with Gasteiger partial charge in [0.15, 0.2) is 5.76 Å². The lowest BCUT2D eigenvalue weighted by Crippen LogP contribution is -2.43. The second-order valence-corrected chi connectivity index (χ2v) is 7.99. The first kappa shape index (κ1) is 19.5. The Morgan fingerprint density at radius 3 is 2.69 bits per heavy atom. The lowest BCUT2D eigenvalue weighted by Gasteiger charge is -2.23. The molecule has 1 aliphatic heterocycles. The number of carbonyl (C=O) groups excluding carboxylic acids is 2. The molecule has 0 saturated carbocycles. The molecule has 1 fully saturated rings. The highest BCUT2D eigenvalue weighted by Gasteiger charge is 2.36. The van der Waals surface area contributed by atoms with E-state index in [9.17, 15) is 9.59 Å². The Morgan fingerprint density at radius 1 is 1.21 bits per heavy atom. The molecular weight excluding hydrogens is 436 g/mol. The van der Waals surface area contributed by atoms with E-state index in [-0.39, 0.29) is 11.8 Å². The van der Waals surface area contributed by atoms with Gasteiger partial charge in [0, 0.05) is 27.7 Å². The smallest absolute Gasteiger partial charge is 0.290 e. The van der Waals surface area contributed by atoms with Crippen LogP contribution in [0.15, 0.2) is 51.4 Å². The molecule has 1 unspecified atom stereocenters. The zero-order valence-corrected chi connectivity index (χ0v) is 17.8. The van der Waals surface area contributed by atoms with E-state index in [1.807, 2.05) is 25.1 Å². The van der Waals surface area contributed by atoms with Gasteiger partial charge in [-0.15, -0.1) is 0 Å². The number of rotatable bonds is 4. The molecule has 6 nitrogen and oxygen atoms in total. The van der Waals surface area contributed by atoms with Crippen molar-refractivity contribution in [1.29, 1.82) is 0 Å². The number of aryl methyl sites for hydroxylation is 1. The zero-order chi connectivity index (χ0) is 20.5. The van der Waals surface area contributed by atoms with Crippen LogP contribution in [0.5, 0.6) is 5.75 Å². The molecule has 1 N–H and O–H groups in total. The molecule has 0 radical (unpaired) electrons. The normalized spacial score (nSPS) is 16.2. The summed E-state index contributed by atoms with van der Waals surface area (Å²) in [6.07, 6.45) is 1.40. The second kappa shape index (κ2) is 7.91. The van der Waals surface area contributed by atoms with E-state index in [1.165, 1.54) is 0 Å². The highest BCUT2D eigenvalue weighted by Crippen LogP contribution is 2.31. The number of benzene rings is 2. The highest BCUT2D eigenvalue weighted by atomic mass is 79.9. The molecule has 1 saturated heterocycles. The van der Waals surface area contributed by atoms with Crippen molar-refractivity contribution < 1.29 is 18.7 Å². The number of nitrogens with zero attached hydrogens (tertiary/aromatic N) is 1. The predicted octanol–water partition coefficient (Wildman–Crippen LogP) is 4.76. The van der Waals surface area contributed by atoms with Gasteiger partial charge in [0.25, 0.3) is 5.91 Å². The molecule has 3 aromatic rings. The number of fused-ring (bicyclic) bond motifs is 1. The number of nitrogens with one attached hydrogen (secondary N) is 1. The minimum absolute atomic E-state index is 0.197. The van der Waals surface area contributed by atoms with Crippen LogP contribution in [-0.2, 0) is 4.79 Å². The van der Waals surface area contributed by atoms with Gasteiger partial charge in [0.2, 0.25) is 5.91 Å². The van der Waals surface area contributed by atoms with Crippen LogP contribution in [0.1, 0.15) is 29.0 Å². The van der Waals surface area contributed by atoms with Crippen LogP contribution in [0.2, 0.25) is 0 Å². The van der Waals surface area contributed by atoms with E-state index >= 15 is 0 Å². The maximum Gasteiger partial charge on any atom is 0.290 e. The molecule has 0 bridgehead atoms. The summed E-state index contributed by atoms with van der Waals surface area (Å²) in [6, 6.07) is 12.2. The maximum atomic E-state index is 13.2. The molecule has 7 heteroatoms. The number of amides is 2. The summed E-state index contributed by atoms with van der Waals surface area (Å²) < 4.78 is 11.9. The number of hydrogen-bond donors (Lipinski definition) is 1. The number of carbonyl (C=O) groups is 2. The van der Waals surface area contributed by atoms with Crippen LogP contribution in [0.25, 0.3) is 11.0 Å². The third-order valence-corrected chi connectivity index (χ3v) is 5.76. The maximum absolute atomic E-state index is 13.2. The number of furan rings is 1. The second-order valence-electron chi connectivity index (χ2n) is 7.07. The average molecular weight is 457 g/mol. The fourth-order valence-corrected chi connectivity index (χ4v) is 4.07. The van der Waals surface area contributed by atoms with Crippen molar-refractivity contribution in [2.24, 2.45) is 0 Å². The van der Waals surface area contributed by atoms with E-state index in [0.29, 0.717) is 35.7 Å². The standard InChI is InChI=1S/C22H21BrN2O4/c1-13-17-12-14(23)5-10-19(17)29-20(13)22(27)25-11-3-4-18(25)21(26)24-15-6-8-16(28-2)9-7-15/h5-10,12,18H,3-4,11H2,1-2H3,(H,24,26). The average Bonchev–Trinajstić information content (AvgIpc) is 3.34. The number of anilines is 1. The van der Waals surface area contributed by atoms with Crippen molar-refractivity contribution in [3.63, 3.8) is 0 Å². The molecular formula is C22H21BrN2O4. The number of methoxy groups -OCH3 is 1. The summed E-state index contributed by atoms with van der Waals surface area (Å²) in [7, 11) is 1.59. The summed E-state index contributed by atoms with van der Waals surface area (Å²) in [5, 5.41) is 3.78. The monoisotopic (exact) mass is 456 g/mol. The first-order valence-electron chi connectivity index (χ1n) is 9.42. The van der Waals surface area contributed by atoms with Crippen molar-refractivity contribution in [2.75, 3.05) is 19.0 Å². The third-order valence-electron chi connectivity index (χ3n) is 5.27.